The monoisotopic (exact) mass is 281 g/mol. The summed E-state index contributed by atoms with van der Waals surface area (Å²) in [4.78, 5) is 21.9. The maximum atomic E-state index is 11.8. The molecule has 5 heteroatoms. The Morgan fingerprint density at radius 3 is 1.67 bits per heavy atom. The van der Waals surface area contributed by atoms with Crippen molar-refractivity contribution < 1.29 is 9.59 Å². The molecule has 1 heterocycles. The minimum atomic E-state index is -0.474. The van der Waals surface area contributed by atoms with Crippen LogP contribution in [0.15, 0.2) is 48.5 Å². The van der Waals surface area contributed by atoms with Crippen LogP contribution in [0.5, 0.6) is 0 Å². The van der Waals surface area contributed by atoms with E-state index >= 15 is 0 Å². The molecule has 0 atom stereocenters. The van der Waals surface area contributed by atoms with Crippen LogP contribution >= 0.6 is 0 Å². The molecule has 106 valence electrons. The number of hydrogen-bond acceptors (Lipinski definition) is 2. The number of nitrogens with zero attached hydrogens (tertiary/aromatic N) is 1. The van der Waals surface area contributed by atoms with Crippen LogP contribution in [0.1, 0.15) is 11.1 Å². The predicted molar refractivity (Wildman–Crippen MR) is 83.8 cm³/mol. The molecule has 3 amide bonds. The van der Waals surface area contributed by atoms with Crippen LogP contribution in [0.2, 0.25) is 0 Å². The zero-order valence-corrected chi connectivity index (χ0v) is 11.3. The van der Waals surface area contributed by atoms with E-state index in [1.165, 1.54) is 0 Å². The second kappa shape index (κ2) is 6.38. The summed E-state index contributed by atoms with van der Waals surface area (Å²) in [6.45, 7) is 0. The molecule has 0 aliphatic carbocycles. The van der Waals surface area contributed by atoms with Crippen molar-refractivity contribution in [1.82, 2.24) is 0 Å². The zero-order chi connectivity index (χ0) is 15.2. The molecule has 0 saturated carbocycles. The Bertz CT molecular complexity index is 646. The van der Waals surface area contributed by atoms with Gasteiger partial charge in [-0.2, -0.15) is 0 Å². The molecule has 1 aliphatic heterocycles. The van der Waals surface area contributed by atoms with Gasteiger partial charge in [0, 0.05) is 0 Å². The summed E-state index contributed by atoms with van der Waals surface area (Å²) >= 11 is 0. The molecule has 0 fully saturated rings. The highest BCUT2D eigenvalue weighted by Gasteiger charge is 2.21. The normalized spacial score (nSPS) is 11.3. The highest BCUT2D eigenvalue weighted by atomic mass is 16.2. The van der Waals surface area contributed by atoms with Gasteiger partial charge in [0.1, 0.15) is 0 Å². The molecule has 4 N–H and O–H groups in total. The number of anilines is 2. The standard InChI is InChI=1S/C15H12N2O.CH3NO/c16-15(18)17-13-7-3-1-5-11(13)9-10-12-6-2-4-8-14(12)17;2-1-3/h1-10H,(H2,16,18);1H,(H2,2,3). The van der Waals surface area contributed by atoms with Crippen molar-refractivity contribution in [3.8, 4) is 0 Å². The number of hydrogen-bond donors (Lipinski definition) is 2. The summed E-state index contributed by atoms with van der Waals surface area (Å²) in [5, 5.41) is 0. The quantitative estimate of drug-likeness (QED) is 0.726. The van der Waals surface area contributed by atoms with Crippen LogP contribution in [0.4, 0.5) is 16.2 Å². The Balaban J connectivity index is 0.000000497. The maximum absolute atomic E-state index is 11.8. The minimum Gasteiger partial charge on any atom is -0.372 e. The Morgan fingerprint density at radius 1 is 0.905 bits per heavy atom. The highest BCUT2D eigenvalue weighted by molar-refractivity contribution is 6.04. The van der Waals surface area contributed by atoms with Crippen LogP contribution in [0, 0.1) is 0 Å². The summed E-state index contributed by atoms with van der Waals surface area (Å²) in [5.41, 5.74) is 13.3. The van der Waals surface area contributed by atoms with E-state index < -0.39 is 6.03 Å². The highest BCUT2D eigenvalue weighted by Crippen LogP contribution is 2.35. The number of nitrogens with two attached hydrogens (primary N) is 2. The first-order valence-electron chi connectivity index (χ1n) is 6.30. The average Bonchev–Trinajstić information content (AvgIpc) is 2.64. The SMILES string of the molecule is NC(=O)N1c2ccccc2C=Cc2ccccc21.NC=O. The summed E-state index contributed by atoms with van der Waals surface area (Å²) in [7, 11) is 0. The third kappa shape index (κ3) is 2.92. The summed E-state index contributed by atoms with van der Waals surface area (Å²) in [6.07, 6.45) is 4.24. The van der Waals surface area contributed by atoms with E-state index in [0.717, 1.165) is 22.5 Å². The predicted octanol–water partition coefficient (Wildman–Crippen LogP) is 2.49. The van der Waals surface area contributed by atoms with Gasteiger partial charge in [-0.05, 0) is 23.3 Å². The molecule has 0 unspecified atom stereocenters. The molecule has 0 saturated heterocycles. The maximum Gasteiger partial charge on any atom is 0.323 e. The van der Waals surface area contributed by atoms with Gasteiger partial charge in [-0.3, -0.25) is 9.69 Å². The van der Waals surface area contributed by atoms with Gasteiger partial charge in [0.2, 0.25) is 6.41 Å². The second-order valence-corrected chi connectivity index (χ2v) is 4.26. The number of primary amides is 2. The lowest BCUT2D eigenvalue weighted by molar-refractivity contribution is -0.106. The fraction of sp³-hybridized carbons (Fsp3) is 0. The van der Waals surface area contributed by atoms with E-state index in [1.54, 1.807) is 4.90 Å². The molecule has 0 aromatic heterocycles. The van der Waals surface area contributed by atoms with Gasteiger partial charge < -0.3 is 11.5 Å². The summed E-state index contributed by atoms with van der Waals surface area (Å²) in [6, 6.07) is 14.9. The number of benzene rings is 2. The fourth-order valence-electron chi connectivity index (χ4n) is 2.21. The fourth-order valence-corrected chi connectivity index (χ4v) is 2.21. The van der Waals surface area contributed by atoms with Gasteiger partial charge in [-0.15, -0.1) is 0 Å². The number of carbonyl (C=O) groups is 2. The molecule has 5 nitrogen and oxygen atoms in total. The van der Waals surface area contributed by atoms with Crippen molar-refractivity contribution in [2.45, 2.75) is 0 Å². The van der Waals surface area contributed by atoms with Crippen molar-refractivity contribution in [2.24, 2.45) is 11.5 Å². The number of rotatable bonds is 0. The van der Waals surface area contributed by atoms with Crippen LogP contribution in [0.25, 0.3) is 12.2 Å². The van der Waals surface area contributed by atoms with Gasteiger partial charge in [0.15, 0.2) is 0 Å². The molecular weight excluding hydrogens is 266 g/mol. The van der Waals surface area contributed by atoms with Crippen molar-refractivity contribution in [1.29, 1.82) is 0 Å². The van der Waals surface area contributed by atoms with Crippen molar-refractivity contribution in [3.05, 3.63) is 59.7 Å². The van der Waals surface area contributed by atoms with Gasteiger partial charge in [0.05, 0.1) is 11.4 Å². The number of para-hydroxylation sites is 2. The molecule has 0 spiro atoms. The first-order chi connectivity index (χ1) is 10.2. The molecule has 1 aliphatic rings. The van der Waals surface area contributed by atoms with Crippen molar-refractivity contribution >= 4 is 36.0 Å². The van der Waals surface area contributed by atoms with Crippen LogP contribution in [-0.4, -0.2) is 12.4 Å². The zero-order valence-electron chi connectivity index (χ0n) is 11.3. The van der Waals surface area contributed by atoms with Gasteiger partial charge in [0.25, 0.3) is 0 Å². The Morgan fingerprint density at radius 2 is 1.29 bits per heavy atom. The summed E-state index contributed by atoms with van der Waals surface area (Å²) in [5.74, 6) is 0. The van der Waals surface area contributed by atoms with Gasteiger partial charge >= 0.3 is 6.03 Å². The van der Waals surface area contributed by atoms with Crippen LogP contribution in [-0.2, 0) is 4.79 Å². The number of carbonyl (C=O) groups excluding carboxylic acids is 2. The molecule has 0 radical (unpaired) electrons. The largest absolute Gasteiger partial charge is 0.372 e. The van der Waals surface area contributed by atoms with E-state index in [9.17, 15) is 4.79 Å². The first kappa shape index (κ1) is 14.3. The smallest absolute Gasteiger partial charge is 0.323 e. The third-order valence-electron chi connectivity index (χ3n) is 3.02. The Labute approximate surface area is 122 Å². The van der Waals surface area contributed by atoms with Crippen molar-refractivity contribution in [2.75, 3.05) is 4.90 Å². The van der Waals surface area contributed by atoms with E-state index in [4.69, 9.17) is 10.5 Å². The summed E-state index contributed by atoms with van der Waals surface area (Å²) < 4.78 is 0. The lowest BCUT2D eigenvalue weighted by Gasteiger charge is -2.22. The molecular formula is C16H15N3O2. The lowest BCUT2D eigenvalue weighted by atomic mass is 10.1. The first-order valence-corrected chi connectivity index (χ1v) is 6.30. The van der Waals surface area contributed by atoms with Gasteiger partial charge in [-0.1, -0.05) is 48.6 Å². The Hall–Kier alpha value is -3.08. The second-order valence-electron chi connectivity index (χ2n) is 4.26. The topological polar surface area (TPSA) is 89.4 Å². The van der Waals surface area contributed by atoms with Crippen LogP contribution < -0.4 is 16.4 Å². The number of urea groups is 1. The van der Waals surface area contributed by atoms with E-state index in [-0.39, 0.29) is 6.41 Å². The number of amides is 3. The Kier molecular flexibility index (Phi) is 4.36. The molecule has 2 aromatic carbocycles. The lowest BCUT2D eigenvalue weighted by Crippen LogP contribution is -2.32. The van der Waals surface area contributed by atoms with Crippen LogP contribution in [0.3, 0.4) is 0 Å². The van der Waals surface area contributed by atoms with Crippen molar-refractivity contribution in [3.63, 3.8) is 0 Å². The number of fused-ring (bicyclic) bond motifs is 2. The molecule has 3 rings (SSSR count). The molecule has 21 heavy (non-hydrogen) atoms. The molecule has 0 bridgehead atoms. The van der Waals surface area contributed by atoms with Gasteiger partial charge in [-0.25, -0.2) is 4.79 Å². The molecule has 2 aromatic rings. The minimum absolute atomic E-state index is 0.250. The van der Waals surface area contributed by atoms with E-state index in [1.807, 2.05) is 60.7 Å². The average molecular weight is 281 g/mol. The third-order valence-corrected chi connectivity index (χ3v) is 3.02. The van der Waals surface area contributed by atoms with E-state index in [0.29, 0.717) is 0 Å². The van der Waals surface area contributed by atoms with E-state index in [2.05, 4.69) is 5.73 Å².